The minimum atomic E-state index is -0.467. The Morgan fingerprint density at radius 3 is 2.26 bits per heavy atom. The van der Waals surface area contributed by atoms with Gasteiger partial charge in [-0.3, -0.25) is 4.79 Å². The summed E-state index contributed by atoms with van der Waals surface area (Å²) in [6, 6.07) is 12.5. The molecule has 0 aliphatic carbocycles. The summed E-state index contributed by atoms with van der Waals surface area (Å²) in [7, 11) is 4.49. The molecule has 1 aliphatic heterocycles. The molecule has 4 rings (SSSR count). The Hall–Kier alpha value is -3.59. The van der Waals surface area contributed by atoms with E-state index in [-0.39, 0.29) is 11.5 Å². The number of carbonyl (C=O) groups is 1. The van der Waals surface area contributed by atoms with Crippen LogP contribution < -0.4 is 19.1 Å². The molecule has 0 saturated carbocycles. The van der Waals surface area contributed by atoms with Gasteiger partial charge in [0.05, 0.1) is 33.1 Å². The van der Waals surface area contributed by atoms with E-state index in [1.165, 1.54) is 26.1 Å². The number of anilines is 1. The van der Waals surface area contributed by atoms with E-state index in [0.29, 0.717) is 48.1 Å². The molecular formula is C22H24N4O5. The highest BCUT2D eigenvalue weighted by molar-refractivity contribution is 6.11. The number of nitrogens with zero attached hydrogens (tertiary/aromatic N) is 4. The average molecular weight is 424 g/mol. The van der Waals surface area contributed by atoms with E-state index >= 15 is 0 Å². The minimum absolute atomic E-state index is 0.187. The topological polar surface area (TPSA) is 98.9 Å². The Balaban J connectivity index is 1.81. The molecule has 0 amide bonds. The van der Waals surface area contributed by atoms with Crippen LogP contribution in [0.4, 0.5) is 5.82 Å². The quantitative estimate of drug-likeness (QED) is 0.576. The number of ketones is 1. The molecule has 1 saturated heterocycles. The molecule has 162 valence electrons. The first kappa shape index (κ1) is 20.7. The molecule has 2 aromatic carbocycles. The summed E-state index contributed by atoms with van der Waals surface area (Å²) < 4.78 is 16.1. The Bertz CT molecular complexity index is 1060. The van der Waals surface area contributed by atoms with Gasteiger partial charge in [0.1, 0.15) is 0 Å². The van der Waals surface area contributed by atoms with E-state index in [0.717, 1.165) is 5.69 Å². The van der Waals surface area contributed by atoms with Gasteiger partial charge in [-0.25, -0.2) is 0 Å². The number of methoxy groups -OCH3 is 3. The first-order chi connectivity index (χ1) is 15.0. The number of benzene rings is 2. The maximum absolute atomic E-state index is 13.5. The summed E-state index contributed by atoms with van der Waals surface area (Å²) in [6.07, 6.45) is 0.140. The van der Waals surface area contributed by atoms with Crippen molar-refractivity contribution in [3.05, 3.63) is 53.7 Å². The van der Waals surface area contributed by atoms with Crippen LogP contribution in [0.1, 0.15) is 22.5 Å². The lowest BCUT2D eigenvalue weighted by molar-refractivity contribution is 0.103. The number of ether oxygens (including phenoxy) is 3. The van der Waals surface area contributed by atoms with Crippen molar-refractivity contribution in [3.8, 4) is 22.9 Å². The van der Waals surface area contributed by atoms with Gasteiger partial charge in [-0.2, -0.15) is 0 Å². The lowest BCUT2D eigenvalue weighted by atomic mass is 10.1. The number of aliphatic hydroxyl groups excluding tert-OH is 1. The van der Waals surface area contributed by atoms with Crippen molar-refractivity contribution in [1.29, 1.82) is 0 Å². The minimum Gasteiger partial charge on any atom is -0.493 e. The fourth-order valence-electron chi connectivity index (χ4n) is 3.62. The second-order valence-electron chi connectivity index (χ2n) is 7.13. The van der Waals surface area contributed by atoms with Crippen LogP contribution in [-0.2, 0) is 0 Å². The van der Waals surface area contributed by atoms with Gasteiger partial charge in [-0.1, -0.05) is 18.2 Å². The SMILES string of the molecule is COc1cc(C(=O)c2nn(-c3ccccc3)nc2N2CCC(O)C2)cc(OC)c1OC. The van der Waals surface area contributed by atoms with Crippen LogP contribution in [0.5, 0.6) is 17.2 Å². The average Bonchev–Trinajstić information content (AvgIpc) is 3.44. The summed E-state index contributed by atoms with van der Waals surface area (Å²) in [5, 5.41) is 19.1. The highest BCUT2D eigenvalue weighted by Gasteiger charge is 2.30. The second kappa shape index (κ2) is 8.65. The van der Waals surface area contributed by atoms with Crippen LogP contribution in [0, 0.1) is 0 Å². The van der Waals surface area contributed by atoms with Crippen molar-refractivity contribution in [1.82, 2.24) is 15.0 Å². The molecule has 0 radical (unpaired) electrons. The third-order valence-corrected chi connectivity index (χ3v) is 5.19. The highest BCUT2D eigenvalue weighted by atomic mass is 16.5. The molecule has 1 atom stereocenters. The fraction of sp³-hybridized carbons (Fsp3) is 0.318. The van der Waals surface area contributed by atoms with E-state index in [2.05, 4.69) is 10.2 Å². The number of hydrogen-bond acceptors (Lipinski definition) is 8. The van der Waals surface area contributed by atoms with Crippen molar-refractivity contribution in [2.75, 3.05) is 39.3 Å². The first-order valence-corrected chi connectivity index (χ1v) is 9.86. The van der Waals surface area contributed by atoms with E-state index < -0.39 is 6.10 Å². The molecular weight excluding hydrogens is 400 g/mol. The fourth-order valence-corrected chi connectivity index (χ4v) is 3.62. The molecule has 0 spiro atoms. The van der Waals surface area contributed by atoms with E-state index in [1.54, 1.807) is 12.1 Å². The van der Waals surface area contributed by atoms with Crippen LogP contribution in [-0.4, -0.2) is 66.4 Å². The molecule has 0 bridgehead atoms. The maximum atomic E-state index is 13.5. The summed E-state index contributed by atoms with van der Waals surface area (Å²) >= 11 is 0. The Labute approximate surface area is 179 Å². The molecule has 2 heterocycles. The summed E-state index contributed by atoms with van der Waals surface area (Å²) in [6.45, 7) is 0.979. The summed E-state index contributed by atoms with van der Waals surface area (Å²) in [4.78, 5) is 16.8. The van der Waals surface area contributed by atoms with Crippen LogP contribution in [0.2, 0.25) is 0 Å². The number of para-hydroxylation sites is 1. The van der Waals surface area contributed by atoms with Gasteiger partial charge in [0.2, 0.25) is 11.5 Å². The zero-order valence-corrected chi connectivity index (χ0v) is 17.6. The van der Waals surface area contributed by atoms with Gasteiger partial charge < -0.3 is 24.2 Å². The number of β-amino-alcohol motifs (C(OH)–C–C–N with tert-alkyl or cyclic N) is 1. The molecule has 9 nitrogen and oxygen atoms in total. The number of aromatic nitrogens is 3. The van der Waals surface area contributed by atoms with Gasteiger partial charge >= 0.3 is 0 Å². The lowest BCUT2D eigenvalue weighted by Crippen LogP contribution is -2.24. The van der Waals surface area contributed by atoms with E-state index in [1.807, 2.05) is 35.2 Å². The number of rotatable bonds is 7. The molecule has 1 unspecified atom stereocenters. The number of hydrogen-bond donors (Lipinski definition) is 1. The van der Waals surface area contributed by atoms with Gasteiger partial charge in [-0.05, 0) is 30.7 Å². The molecule has 31 heavy (non-hydrogen) atoms. The third-order valence-electron chi connectivity index (χ3n) is 5.19. The summed E-state index contributed by atoms with van der Waals surface area (Å²) in [5.41, 5.74) is 1.25. The van der Waals surface area contributed by atoms with Gasteiger partial charge in [-0.15, -0.1) is 15.0 Å². The zero-order chi connectivity index (χ0) is 22.0. The van der Waals surface area contributed by atoms with Crippen LogP contribution in [0.3, 0.4) is 0 Å². The zero-order valence-electron chi connectivity index (χ0n) is 17.6. The molecule has 9 heteroatoms. The second-order valence-corrected chi connectivity index (χ2v) is 7.13. The van der Waals surface area contributed by atoms with E-state index in [4.69, 9.17) is 14.2 Å². The molecule has 1 N–H and O–H groups in total. The van der Waals surface area contributed by atoms with Gasteiger partial charge in [0.25, 0.3) is 0 Å². The molecule has 1 aliphatic rings. The van der Waals surface area contributed by atoms with Crippen LogP contribution >= 0.6 is 0 Å². The predicted molar refractivity (Wildman–Crippen MR) is 114 cm³/mol. The van der Waals surface area contributed by atoms with Gasteiger partial charge in [0.15, 0.2) is 23.0 Å². The smallest absolute Gasteiger partial charge is 0.217 e. The maximum Gasteiger partial charge on any atom is 0.217 e. The normalized spacial score (nSPS) is 15.7. The van der Waals surface area contributed by atoms with Crippen LogP contribution in [0.25, 0.3) is 5.69 Å². The lowest BCUT2D eigenvalue weighted by Gasteiger charge is -2.16. The predicted octanol–water partition coefficient (Wildman–Crippen LogP) is 2.10. The number of carbonyl (C=O) groups excluding carboxylic acids is 1. The summed E-state index contributed by atoms with van der Waals surface area (Å²) in [5.74, 6) is 1.24. The number of aliphatic hydroxyl groups is 1. The Morgan fingerprint density at radius 2 is 1.71 bits per heavy atom. The largest absolute Gasteiger partial charge is 0.493 e. The Kier molecular flexibility index (Phi) is 5.77. The highest BCUT2D eigenvalue weighted by Crippen LogP contribution is 2.39. The van der Waals surface area contributed by atoms with Crippen molar-refractivity contribution in [2.45, 2.75) is 12.5 Å². The molecule has 1 fully saturated rings. The van der Waals surface area contributed by atoms with Gasteiger partial charge in [0, 0.05) is 18.7 Å². The van der Waals surface area contributed by atoms with Crippen molar-refractivity contribution in [3.63, 3.8) is 0 Å². The first-order valence-electron chi connectivity index (χ1n) is 9.86. The Morgan fingerprint density at radius 1 is 1.03 bits per heavy atom. The van der Waals surface area contributed by atoms with Crippen molar-refractivity contribution < 1.29 is 24.1 Å². The molecule has 1 aromatic heterocycles. The third kappa shape index (κ3) is 3.91. The van der Waals surface area contributed by atoms with Crippen LogP contribution in [0.15, 0.2) is 42.5 Å². The van der Waals surface area contributed by atoms with Crippen molar-refractivity contribution >= 4 is 11.6 Å². The van der Waals surface area contributed by atoms with Crippen molar-refractivity contribution in [2.24, 2.45) is 0 Å². The standard InChI is InChI=1S/C22H24N4O5/c1-29-17-11-14(12-18(30-2)21(17)31-3)20(28)19-22(25-10-9-16(27)13-25)24-26(23-19)15-7-5-4-6-8-15/h4-8,11-12,16,27H,9-10,13H2,1-3H3. The molecule has 3 aromatic rings. The van der Waals surface area contributed by atoms with E-state index in [9.17, 15) is 9.90 Å². The monoisotopic (exact) mass is 424 g/mol.